The maximum atomic E-state index is 13.8. The zero-order valence-corrected chi connectivity index (χ0v) is 19.6. The molecule has 0 radical (unpaired) electrons. The van der Waals surface area contributed by atoms with E-state index in [4.69, 9.17) is 4.74 Å². The van der Waals surface area contributed by atoms with Crippen LogP contribution < -0.4 is 5.32 Å². The van der Waals surface area contributed by atoms with E-state index < -0.39 is 34.6 Å². The molecule has 10 heteroatoms. The number of carbonyl (C=O) groups is 3. The minimum absolute atomic E-state index is 0.0576. The number of nitrogens with one attached hydrogen (secondary N) is 1. The molecule has 0 saturated carbocycles. The molecule has 1 N–H and O–H groups in total. The van der Waals surface area contributed by atoms with Gasteiger partial charge in [0.15, 0.2) is 17.5 Å². The Morgan fingerprint density at radius 3 is 2.33 bits per heavy atom. The van der Waals surface area contributed by atoms with Gasteiger partial charge in [-0.2, -0.15) is 0 Å². The fourth-order valence-electron chi connectivity index (χ4n) is 3.57. The molecule has 0 aliphatic carbocycles. The Balaban J connectivity index is 1.89. The van der Waals surface area contributed by atoms with E-state index in [1.165, 1.54) is 4.90 Å². The highest BCUT2D eigenvalue weighted by molar-refractivity contribution is 5.94. The van der Waals surface area contributed by atoms with Crippen molar-refractivity contribution in [3.8, 4) is 0 Å². The lowest BCUT2D eigenvalue weighted by Gasteiger charge is -2.34. The molecule has 2 rings (SSSR count). The monoisotopic (exact) mass is 471 g/mol. The molecule has 184 valence electrons. The first-order valence-corrected chi connectivity index (χ1v) is 11.1. The number of rotatable bonds is 7. The van der Waals surface area contributed by atoms with Gasteiger partial charge in [0.2, 0.25) is 11.8 Å². The smallest absolute Gasteiger partial charge is 0.410 e. The van der Waals surface area contributed by atoms with Crippen LogP contribution in [-0.4, -0.2) is 59.5 Å². The highest BCUT2D eigenvalue weighted by atomic mass is 19.2. The van der Waals surface area contributed by atoms with Crippen LogP contribution in [0.15, 0.2) is 12.1 Å². The molecule has 1 saturated heterocycles. The van der Waals surface area contributed by atoms with E-state index in [1.807, 2.05) is 6.92 Å². The summed E-state index contributed by atoms with van der Waals surface area (Å²) in [5, 5.41) is 2.19. The number of carbonyl (C=O) groups excluding carboxylic acids is 3. The average Bonchev–Trinajstić information content (AvgIpc) is 2.73. The molecule has 0 aromatic heterocycles. The zero-order valence-electron chi connectivity index (χ0n) is 19.6. The van der Waals surface area contributed by atoms with Gasteiger partial charge in [-0.05, 0) is 58.1 Å². The number of hydrogen-bond acceptors (Lipinski definition) is 4. The first kappa shape index (κ1) is 26.5. The molecule has 1 fully saturated rings. The van der Waals surface area contributed by atoms with Crippen molar-refractivity contribution in [2.24, 2.45) is 5.92 Å². The van der Waals surface area contributed by atoms with Gasteiger partial charge in [0, 0.05) is 26.1 Å². The van der Waals surface area contributed by atoms with Crippen LogP contribution in [0.5, 0.6) is 0 Å². The van der Waals surface area contributed by atoms with Crippen molar-refractivity contribution in [2.75, 3.05) is 31.5 Å². The standard InChI is InChI=1S/C23H32F3N3O4/c1-5-10-29(14-18(30)27-17-7-6-16(24)20(25)21(17)26)19(31)13-15-8-11-28(12-9-15)22(32)33-23(2,3)4/h6-7,15H,5,8-14H2,1-4H3,(H,27,30). The van der Waals surface area contributed by atoms with Crippen molar-refractivity contribution >= 4 is 23.6 Å². The highest BCUT2D eigenvalue weighted by Crippen LogP contribution is 2.24. The summed E-state index contributed by atoms with van der Waals surface area (Å²) in [4.78, 5) is 40.3. The minimum atomic E-state index is -1.67. The first-order chi connectivity index (χ1) is 15.4. The van der Waals surface area contributed by atoms with Gasteiger partial charge in [0.1, 0.15) is 5.60 Å². The number of amides is 3. The van der Waals surface area contributed by atoms with Crippen LogP contribution in [0.4, 0.5) is 23.7 Å². The van der Waals surface area contributed by atoms with Crippen molar-refractivity contribution in [1.82, 2.24) is 9.80 Å². The minimum Gasteiger partial charge on any atom is -0.444 e. The van der Waals surface area contributed by atoms with Crippen LogP contribution in [0.25, 0.3) is 0 Å². The third-order valence-electron chi connectivity index (χ3n) is 5.22. The van der Waals surface area contributed by atoms with Gasteiger partial charge in [0.05, 0.1) is 12.2 Å². The topological polar surface area (TPSA) is 79.0 Å². The second-order valence-corrected chi connectivity index (χ2v) is 9.20. The summed E-state index contributed by atoms with van der Waals surface area (Å²) in [6, 6.07) is 1.64. The third-order valence-corrected chi connectivity index (χ3v) is 5.22. The number of nitrogens with zero attached hydrogens (tertiary/aromatic N) is 2. The van der Waals surface area contributed by atoms with E-state index in [9.17, 15) is 27.6 Å². The normalized spacial score (nSPS) is 14.7. The molecule has 7 nitrogen and oxygen atoms in total. The summed E-state index contributed by atoms with van der Waals surface area (Å²) in [5.41, 5.74) is -1.06. The molecule has 33 heavy (non-hydrogen) atoms. The number of benzene rings is 1. The first-order valence-electron chi connectivity index (χ1n) is 11.1. The van der Waals surface area contributed by atoms with Gasteiger partial charge < -0.3 is 19.9 Å². The summed E-state index contributed by atoms with van der Waals surface area (Å²) in [7, 11) is 0. The summed E-state index contributed by atoms with van der Waals surface area (Å²) in [6.07, 6.45) is 1.72. The van der Waals surface area contributed by atoms with Crippen LogP contribution in [0, 0.1) is 23.4 Å². The second-order valence-electron chi connectivity index (χ2n) is 9.20. The lowest BCUT2D eigenvalue weighted by Crippen LogP contribution is -2.43. The average molecular weight is 472 g/mol. The van der Waals surface area contributed by atoms with E-state index in [2.05, 4.69) is 5.32 Å². The van der Waals surface area contributed by atoms with Crippen molar-refractivity contribution in [3.63, 3.8) is 0 Å². The maximum Gasteiger partial charge on any atom is 0.410 e. The third kappa shape index (κ3) is 7.94. The lowest BCUT2D eigenvalue weighted by molar-refractivity contribution is -0.135. The molecule has 1 aromatic carbocycles. The largest absolute Gasteiger partial charge is 0.444 e. The fraction of sp³-hybridized carbons (Fsp3) is 0.609. The Labute approximate surface area is 192 Å². The van der Waals surface area contributed by atoms with Gasteiger partial charge in [-0.3, -0.25) is 9.59 Å². The van der Waals surface area contributed by atoms with Crippen LogP contribution in [0.3, 0.4) is 0 Å². The van der Waals surface area contributed by atoms with Gasteiger partial charge >= 0.3 is 6.09 Å². The zero-order chi connectivity index (χ0) is 24.8. The van der Waals surface area contributed by atoms with E-state index in [1.54, 1.807) is 25.7 Å². The SMILES string of the molecule is CCCN(CC(=O)Nc1ccc(F)c(F)c1F)C(=O)CC1CCN(C(=O)OC(C)(C)C)CC1. The van der Waals surface area contributed by atoms with E-state index >= 15 is 0 Å². The van der Waals surface area contributed by atoms with Crippen LogP contribution in [0.1, 0.15) is 53.4 Å². The van der Waals surface area contributed by atoms with Gasteiger partial charge in [-0.15, -0.1) is 0 Å². The number of likely N-dealkylation sites (tertiary alicyclic amines) is 1. The van der Waals surface area contributed by atoms with Crippen LogP contribution >= 0.6 is 0 Å². The molecule has 1 aromatic rings. The molecule has 3 amide bonds. The van der Waals surface area contributed by atoms with Crippen molar-refractivity contribution < 1.29 is 32.3 Å². The number of halogens is 3. The predicted molar refractivity (Wildman–Crippen MR) is 117 cm³/mol. The lowest BCUT2D eigenvalue weighted by atomic mass is 9.93. The molecule has 0 bridgehead atoms. The molecule has 1 heterocycles. The van der Waals surface area contributed by atoms with Crippen molar-refractivity contribution in [2.45, 2.75) is 59.0 Å². The Bertz CT molecular complexity index is 865. The number of piperidine rings is 1. The molecule has 1 aliphatic heterocycles. The predicted octanol–water partition coefficient (Wildman–Crippen LogP) is 4.32. The van der Waals surface area contributed by atoms with Crippen LogP contribution in [-0.2, 0) is 14.3 Å². The van der Waals surface area contributed by atoms with Gasteiger partial charge in [0.25, 0.3) is 0 Å². The van der Waals surface area contributed by atoms with Gasteiger partial charge in [-0.25, -0.2) is 18.0 Å². The molecule has 0 spiro atoms. The summed E-state index contributed by atoms with van der Waals surface area (Å²) in [6.45, 7) is 8.21. The van der Waals surface area contributed by atoms with Crippen molar-refractivity contribution in [3.05, 3.63) is 29.6 Å². The number of hydrogen-bond donors (Lipinski definition) is 1. The van der Waals surface area contributed by atoms with E-state index in [-0.39, 0.29) is 30.9 Å². The number of anilines is 1. The molecule has 1 aliphatic rings. The molecular formula is C23H32F3N3O4. The van der Waals surface area contributed by atoms with E-state index in [0.29, 0.717) is 45.0 Å². The highest BCUT2D eigenvalue weighted by Gasteiger charge is 2.29. The summed E-state index contributed by atoms with van der Waals surface area (Å²) in [5.74, 6) is -5.40. The fourth-order valence-corrected chi connectivity index (χ4v) is 3.57. The van der Waals surface area contributed by atoms with Gasteiger partial charge in [-0.1, -0.05) is 6.92 Å². The second kappa shape index (κ2) is 11.4. The molecule has 0 atom stereocenters. The van der Waals surface area contributed by atoms with E-state index in [0.717, 1.165) is 6.07 Å². The quantitative estimate of drug-likeness (QED) is 0.601. The maximum absolute atomic E-state index is 13.8. The van der Waals surface area contributed by atoms with Crippen LogP contribution in [0.2, 0.25) is 0 Å². The Morgan fingerprint density at radius 1 is 1.12 bits per heavy atom. The summed E-state index contributed by atoms with van der Waals surface area (Å²) < 4.78 is 45.6. The molecule has 0 unspecified atom stereocenters. The molecular weight excluding hydrogens is 439 g/mol. The Morgan fingerprint density at radius 2 is 1.76 bits per heavy atom. The Kier molecular flexibility index (Phi) is 9.13. The summed E-state index contributed by atoms with van der Waals surface area (Å²) >= 11 is 0. The Hall–Kier alpha value is -2.78. The van der Waals surface area contributed by atoms with Crippen molar-refractivity contribution in [1.29, 1.82) is 0 Å². The number of ether oxygens (including phenoxy) is 1.